The molecule has 2 heterocycles. The van der Waals surface area contributed by atoms with Crippen molar-refractivity contribution in [3.8, 4) is 0 Å². The van der Waals surface area contributed by atoms with Crippen molar-refractivity contribution < 1.29 is 19.0 Å². The average molecular weight is 426 g/mol. The van der Waals surface area contributed by atoms with E-state index in [1.807, 2.05) is 12.1 Å². The SMILES string of the molecule is C.O=C(CCN1CCC(OC(c2ccccc2)c2ccccc2)CC1)OC1CCOC1. The normalized spacial score (nSPS) is 19.8. The molecule has 2 aromatic rings. The lowest BCUT2D eigenvalue weighted by atomic mass is 10.00. The summed E-state index contributed by atoms with van der Waals surface area (Å²) < 4.78 is 17.3. The van der Waals surface area contributed by atoms with Gasteiger partial charge in [0.25, 0.3) is 0 Å². The second kappa shape index (κ2) is 12.0. The van der Waals surface area contributed by atoms with E-state index in [1.54, 1.807) is 0 Å². The number of nitrogens with zero attached hydrogens (tertiary/aromatic N) is 1. The van der Waals surface area contributed by atoms with Gasteiger partial charge in [0.15, 0.2) is 0 Å². The molecular formula is C26H35NO4. The van der Waals surface area contributed by atoms with Crippen molar-refractivity contribution in [3.05, 3.63) is 71.8 Å². The third-order valence-electron chi connectivity index (χ3n) is 5.89. The maximum absolute atomic E-state index is 12.0. The van der Waals surface area contributed by atoms with Gasteiger partial charge in [0.1, 0.15) is 12.2 Å². The molecule has 0 bridgehead atoms. The van der Waals surface area contributed by atoms with Gasteiger partial charge >= 0.3 is 5.97 Å². The van der Waals surface area contributed by atoms with Crippen LogP contribution in [0.15, 0.2) is 60.7 Å². The summed E-state index contributed by atoms with van der Waals surface area (Å²) >= 11 is 0. The summed E-state index contributed by atoms with van der Waals surface area (Å²) in [6, 6.07) is 20.9. The number of hydrogen-bond donors (Lipinski definition) is 0. The Morgan fingerprint density at radius 2 is 1.55 bits per heavy atom. The van der Waals surface area contributed by atoms with Crippen LogP contribution < -0.4 is 0 Å². The van der Waals surface area contributed by atoms with Gasteiger partial charge in [0.2, 0.25) is 0 Å². The van der Waals surface area contributed by atoms with E-state index in [0.29, 0.717) is 19.6 Å². The second-order valence-electron chi connectivity index (χ2n) is 8.10. The van der Waals surface area contributed by atoms with Crippen LogP contribution in [0, 0.1) is 0 Å². The number of carbonyl (C=O) groups is 1. The van der Waals surface area contributed by atoms with Crippen LogP contribution >= 0.6 is 0 Å². The fraction of sp³-hybridized carbons (Fsp3) is 0.500. The van der Waals surface area contributed by atoms with Crippen LogP contribution in [-0.4, -0.2) is 55.9 Å². The van der Waals surface area contributed by atoms with Crippen molar-refractivity contribution in [1.29, 1.82) is 0 Å². The van der Waals surface area contributed by atoms with Gasteiger partial charge < -0.3 is 19.1 Å². The van der Waals surface area contributed by atoms with Gasteiger partial charge in [-0.2, -0.15) is 0 Å². The molecule has 0 aliphatic carbocycles. The maximum Gasteiger partial charge on any atom is 0.307 e. The van der Waals surface area contributed by atoms with Gasteiger partial charge in [-0.25, -0.2) is 0 Å². The van der Waals surface area contributed by atoms with Crippen LogP contribution in [0.2, 0.25) is 0 Å². The van der Waals surface area contributed by atoms with Crippen molar-refractivity contribution in [2.24, 2.45) is 0 Å². The first-order valence-electron chi connectivity index (χ1n) is 11.0. The number of esters is 1. The van der Waals surface area contributed by atoms with E-state index < -0.39 is 0 Å². The van der Waals surface area contributed by atoms with E-state index in [1.165, 1.54) is 11.1 Å². The molecule has 2 saturated heterocycles. The van der Waals surface area contributed by atoms with E-state index in [9.17, 15) is 4.79 Å². The predicted octanol–water partition coefficient (Wildman–Crippen LogP) is 4.62. The summed E-state index contributed by atoms with van der Waals surface area (Å²) in [6.07, 6.45) is 3.33. The van der Waals surface area contributed by atoms with Gasteiger partial charge in [-0.3, -0.25) is 4.79 Å². The molecule has 31 heavy (non-hydrogen) atoms. The molecule has 1 unspecified atom stereocenters. The van der Waals surface area contributed by atoms with Crippen LogP contribution in [-0.2, 0) is 19.0 Å². The minimum atomic E-state index is -0.114. The highest BCUT2D eigenvalue weighted by Crippen LogP contribution is 2.30. The third kappa shape index (κ3) is 6.89. The number of likely N-dealkylation sites (tertiary alicyclic amines) is 1. The average Bonchev–Trinajstić information content (AvgIpc) is 3.31. The Hall–Kier alpha value is -2.21. The second-order valence-corrected chi connectivity index (χ2v) is 8.10. The molecule has 4 rings (SSSR count). The van der Waals surface area contributed by atoms with E-state index in [4.69, 9.17) is 14.2 Å². The number of benzene rings is 2. The van der Waals surface area contributed by atoms with Crippen molar-refractivity contribution in [1.82, 2.24) is 4.90 Å². The Bertz CT molecular complexity index is 729. The Morgan fingerprint density at radius 1 is 0.935 bits per heavy atom. The number of ether oxygens (including phenoxy) is 3. The van der Waals surface area contributed by atoms with Crippen molar-refractivity contribution in [2.45, 2.75) is 51.4 Å². The van der Waals surface area contributed by atoms with Crippen molar-refractivity contribution in [3.63, 3.8) is 0 Å². The minimum absolute atomic E-state index is 0. The topological polar surface area (TPSA) is 48.0 Å². The van der Waals surface area contributed by atoms with Gasteiger partial charge in [-0.05, 0) is 24.0 Å². The molecule has 1 atom stereocenters. The van der Waals surface area contributed by atoms with Crippen LogP contribution in [0.25, 0.3) is 0 Å². The van der Waals surface area contributed by atoms with Crippen LogP contribution in [0.4, 0.5) is 0 Å². The number of piperidine rings is 1. The monoisotopic (exact) mass is 425 g/mol. The zero-order valence-corrected chi connectivity index (χ0v) is 17.4. The fourth-order valence-corrected chi connectivity index (χ4v) is 4.17. The van der Waals surface area contributed by atoms with Gasteiger partial charge in [0.05, 0.1) is 25.7 Å². The highest BCUT2D eigenvalue weighted by atomic mass is 16.6. The maximum atomic E-state index is 12.0. The molecule has 0 radical (unpaired) electrons. The molecule has 0 saturated carbocycles. The summed E-state index contributed by atoms with van der Waals surface area (Å²) in [7, 11) is 0. The van der Waals surface area contributed by atoms with Gasteiger partial charge in [-0.15, -0.1) is 0 Å². The lowest BCUT2D eigenvalue weighted by Gasteiger charge is -2.34. The molecule has 2 aromatic carbocycles. The Morgan fingerprint density at radius 3 is 2.10 bits per heavy atom. The predicted molar refractivity (Wildman–Crippen MR) is 122 cm³/mol. The quantitative estimate of drug-likeness (QED) is 0.578. The fourth-order valence-electron chi connectivity index (χ4n) is 4.17. The largest absolute Gasteiger partial charge is 0.460 e. The standard InChI is InChI=1S/C25H31NO4.CH4/c27-24(29-23-14-18-28-19-23)13-17-26-15-11-22(12-16-26)30-25(20-7-3-1-4-8-20)21-9-5-2-6-10-21;/h1-10,22-23,25H,11-19H2;1H4. The van der Waals surface area contributed by atoms with E-state index >= 15 is 0 Å². The van der Waals surface area contributed by atoms with Crippen molar-refractivity contribution >= 4 is 5.97 Å². The lowest BCUT2D eigenvalue weighted by Crippen LogP contribution is -2.39. The smallest absolute Gasteiger partial charge is 0.307 e. The molecular weight excluding hydrogens is 390 g/mol. The molecule has 5 heteroatoms. The molecule has 2 aliphatic rings. The number of rotatable bonds is 8. The zero-order valence-electron chi connectivity index (χ0n) is 17.4. The molecule has 0 N–H and O–H groups in total. The minimum Gasteiger partial charge on any atom is -0.460 e. The first-order chi connectivity index (χ1) is 14.8. The highest BCUT2D eigenvalue weighted by molar-refractivity contribution is 5.69. The molecule has 0 amide bonds. The zero-order chi connectivity index (χ0) is 20.6. The number of hydrogen-bond acceptors (Lipinski definition) is 5. The summed E-state index contributed by atoms with van der Waals surface area (Å²) in [5.41, 5.74) is 2.37. The molecule has 0 aromatic heterocycles. The van der Waals surface area contributed by atoms with E-state index in [2.05, 4.69) is 53.4 Å². The summed E-state index contributed by atoms with van der Waals surface area (Å²) in [4.78, 5) is 14.4. The number of carbonyl (C=O) groups excluding carboxylic acids is 1. The van der Waals surface area contributed by atoms with Crippen LogP contribution in [0.3, 0.4) is 0 Å². The van der Waals surface area contributed by atoms with E-state index in [0.717, 1.165) is 38.9 Å². The summed E-state index contributed by atoms with van der Waals surface area (Å²) in [6.45, 7) is 3.87. The van der Waals surface area contributed by atoms with Gasteiger partial charge in [0, 0.05) is 26.1 Å². The Kier molecular flexibility index (Phi) is 9.07. The van der Waals surface area contributed by atoms with Crippen LogP contribution in [0.5, 0.6) is 0 Å². The molecule has 2 fully saturated rings. The first kappa shape index (κ1) is 23.5. The van der Waals surface area contributed by atoms with Crippen molar-refractivity contribution in [2.75, 3.05) is 32.8 Å². The Balaban J connectivity index is 0.00000272. The lowest BCUT2D eigenvalue weighted by molar-refractivity contribution is -0.149. The summed E-state index contributed by atoms with van der Waals surface area (Å²) in [5, 5.41) is 0. The van der Waals surface area contributed by atoms with Crippen LogP contribution in [0.1, 0.15) is 50.3 Å². The Labute approximate surface area is 186 Å². The molecule has 5 nitrogen and oxygen atoms in total. The first-order valence-corrected chi connectivity index (χ1v) is 11.0. The van der Waals surface area contributed by atoms with E-state index in [-0.39, 0.29) is 31.7 Å². The molecule has 168 valence electrons. The highest BCUT2D eigenvalue weighted by Gasteiger charge is 2.25. The van der Waals surface area contributed by atoms with Gasteiger partial charge in [-0.1, -0.05) is 68.1 Å². The summed E-state index contributed by atoms with van der Waals surface area (Å²) in [5.74, 6) is -0.114. The molecule has 2 aliphatic heterocycles. The third-order valence-corrected chi connectivity index (χ3v) is 5.89. The molecule has 0 spiro atoms.